The summed E-state index contributed by atoms with van der Waals surface area (Å²) in [5, 5.41) is 0.730. The Bertz CT molecular complexity index is 868. The molecule has 0 radical (unpaired) electrons. The van der Waals surface area contributed by atoms with E-state index in [1.807, 2.05) is 24.3 Å². The van der Waals surface area contributed by atoms with E-state index in [4.69, 9.17) is 21.1 Å². The first-order valence-corrected chi connectivity index (χ1v) is 10.4. The number of nitrogens with zero attached hydrogens (tertiary/aromatic N) is 2. The molecule has 1 fully saturated rings. The van der Waals surface area contributed by atoms with Crippen LogP contribution < -0.4 is 9.47 Å². The Hall–Kier alpha value is -2.09. The Kier molecular flexibility index (Phi) is 7.52. The monoisotopic (exact) mass is 480 g/mol. The van der Waals surface area contributed by atoms with Crippen LogP contribution in [0.2, 0.25) is 5.02 Å². The predicted molar refractivity (Wildman–Crippen MR) is 115 cm³/mol. The number of methoxy groups -OCH3 is 1. The molecule has 0 unspecified atom stereocenters. The molecule has 1 aliphatic heterocycles. The number of ether oxygens (including phenoxy) is 2. The van der Waals surface area contributed by atoms with Gasteiger partial charge in [-0.25, -0.2) is 0 Å². The van der Waals surface area contributed by atoms with Crippen molar-refractivity contribution < 1.29 is 19.1 Å². The highest BCUT2D eigenvalue weighted by atomic mass is 79.9. The Balaban J connectivity index is 1.51. The highest BCUT2D eigenvalue weighted by molar-refractivity contribution is 9.10. The summed E-state index contributed by atoms with van der Waals surface area (Å²) in [5.74, 6) is 0.736. The first-order chi connectivity index (χ1) is 14.0. The summed E-state index contributed by atoms with van der Waals surface area (Å²) in [7, 11) is 1.49. The molecule has 1 amide bonds. The molecule has 2 aromatic carbocycles. The van der Waals surface area contributed by atoms with Gasteiger partial charge in [0.05, 0.1) is 11.6 Å². The number of aldehydes is 1. The number of piperazine rings is 1. The van der Waals surface area contributed by atoms with Crippen LogP contribution in [0.5, 0.6) is 11.5 Å². The lowest BCUT2D eigenvalue weighted by atomic mass is 10.2. The minimum absolute atomic E-state index is 0.0791. The minimum Gasteiger partial charge on any atom is -0.493 e. The third kappa shape index (κ3) is 5.72. The average Bonchev–Trinajstić information content (AvgIpc) is 2.74. The SMILES string of the molecule is COc1cc(C=O)cc(Br)c1OCC(=O)N1CCN(Cc2ccc(Cl)cc2)CC1. The number of hydrogen-bond donors (Lipinski definition) is 0. The van der Waals surface area contributed by atoms with E-state index in [1.165, 1.54) is 12.7 Å². The molecule has 0 aliphatic carbocycles. The zero-order valence-electron chi connectivity index (χ0n) is 16.1. The van der Waals surface area contributed by atoms with Crippen molar-refractivity contribution in [2.75, 3.05) is 39.9 Å². The standard InChI is InChI=1S/C21H22BrClN2O4/c1-28-19-11-16(13-26)10-18(22)21(19)29-14-20(27)25-8-6-24(7-9-25)12-15-2-4-17(23)5-3-15/h2-5,10-11,13H,6-9,12,14H2,1H3. The van der Waals surface area contributed by atoms with Gasteiger partial charge >= 0.3 is 0 Å². The molecule has 8 heteroatoms. The number of carbonyl (C=O) groups is 2. The predicted octanol–water partition coefficient (Wildman–Crippen LogP) is 3.65. The molecule has 0 saturated carbocycles. The third-order valence-corrected chi connectivity index (χ3v) is 5.61. The van der Waals surface area contributed by atoms with Crippen LogP contribution in [0, 0.1) is 0 Å². The summed E-state index contributed by atoms with van der Waals surface area (Å²) in [6, 6.07) is 11.0. The Morgan fingerprint density at radius 3 is 2.48 bits per heavy atom. The second kappa shape index (κ2) is 10.1. The van der Waals surface area contributed by atoms with Crippen molar-refractivity contribution in [1.82, 2.24) is 9.80 Å². The van der Waals surface area contributed by atoms with Gasteiger partial charge in [-0.1, -0.05) is 23.7 Å². The van der Waals surface area contributed by atoms with Gasteiger partial charge in [-0.3, -0.25) is 14.5 Å². The van der Waals surface area contributed by atoms with E-state index in [1.54, 1.807) is 17.0 Å². The van der Waals surface area contributed by atoms with Crippen LogP contribution in [0.15, 0.2) is 40.9 Å². The fourth-order valence-electron chi connectivity index (χ4n) is 3.18. The van der Waals surface area contributed by atoms with Crippen molar-refractivity contribution in [3.8, 4) is 11.5 Å². The molecule has 6 nitrogen and oxygen atoms in total. The molecule has 1 saturated heterocycles. The Morgan fingerprint density at radius 1 is 1.17 bits per heavy atom. The van der Waals surface area contributed by atoms with Gasteiger partial charge in [0.25, 0.3) is 5.91 Å². The largest absolute Gasteiger partial charge is 0.493 e. The second-order valence-electron chi connectivity index (χ2n) is 6.72. The van der Waals surface area contributed by atoms with Crippen molar-refractivity contribution in [2.45, 2.75) is 6.54 Å². The number of halogens is 2. The lowest BCUT2D eigenvalue weighted by molar-refractivity contribution is -0.135. The molecular formula is C21H22BrClN2O4. The highest BCUT2D eigenvalue weighted by Crippen LogP contribution is 2.36. The zero-order valence-corrected chi connectivity index (χ0v) is 18.4. The lowest BCUT2D eigenvalue weighted by Gasteiger charge is -2.34. The van der Waals surface area contributed by atoms with Gasteiger partial charge in [0, 0.05) is 43.3 Å². The fraction of sp³-hybridized carbons (Fsp3) is 0.333. The smallest absolute Gasteiger partial charge is 0.260 e. The number of amides is 1. The molecule has 1 aliphatic rings. The van der Waals surface area contributed by atoms with Gasteiger partial charge in [-0.05, 0) is 45.8 Å². The van der Waals surface area contributed by atoms with E-state index in [0.717, 1.165) is 30.9 Å². The average molecular weight is 482 g/mol. The van der Waals surface area contributed by atoms with E-state index in [0.29, 0.717) is 34.6 Å². The molecule has 0 atom stereocenters. The molecule has 0 bridgehead atoms. The fourth-order valence-corrected chi connectivity index (χ4v) is 3.88. The number of carbonyl (C=O) groups excluding carboxylic acids is 2. The van der Waals surface area contributed by atoms with Crippen molar-refractivity contribution in [1.29, 1.82) is 0 Å². The Labute approximate surface area is 183 Å². The van der Waals surface area contributed by atoms with Gasteiger partial charge in [-0.2, -0.15) is 0 Å². The van der Waals surface area contributed by atoms with Gasteiger partial charge in [0.1, 0.15) is 6.29 Å². The van der Waals surface area contributed by atoms with Crippen molar-refractivity contribution in [3.05, 3.63) is 57.0 Å². The lowest BCUT2D eigenvalue weighted by Crippen LogP contribution is -2.49. The molecule has 29 heavy (non-hydrogen) atoms. The molecule has 154 valence electrons. The van der Waals surface area contributed by atoms with Crippen LogP contribution in [0.4, 0.5) is 0 Å². The van der Waals surface area contributed by atoms with Crippen LogP contribution in [0.3, 0.4) is 0 Å². The first kappa shape index (κ1) is 21.6. The van der Waals surface area contributed by atoms with Crippen LogP contribution in [0.1, 0.15) is 15.9 Å². The molecule has 0 spiro atoms. The summed E-state index contributed by atoms with van der Waals surface area (Å²) in [6.07, 6.45) is 0.728. The number of benzene rings is 2. The van der Waals surface area contributed by atoms with Gasteiger partial charge in [0.15, 0.2) is 18.1 Å². The van der Waals surface area contributed by atoms with Crippen LogP contribution >= 0.6 is 27.5 Å². The van der Waals surface area contributed by atoms with Crippen LogP contribution in [-0.4, -0.2) is 61.9 Å². The van der Waals surface area contributed by atoms with Crippen LogP contribution in [-0.2, 0) is 11.3 Å². The Morgan fingerprint density at radius 2 is 1.86 bits per heavy atom. The highest BCUT2D eigenvalue weighted by Gasteiger charge is 2.22. The van der Waals surface area contributed by atoms with Crippen molar-refractivity contribution >= 4 is 39.7 Å². The normalized spacial score (nSPS) is 14.5. The van der Waals surface area contributed by atoms with E-state index in [9.17, 15) is 9.59 Å². The molecule has 0 aromatic heterocycles. The van der Waals surface area contributed by atoms with E-state index in [-0.39, 0.29) is 12.5 Å². The summed E-state index contributed by atoms with van der Waals surface area (Å²) >= 11 is 9.30. The quantitative estimate of drug-likeness (QED) is 0.565. The molecule has 1 heterocycles. The van der Waals surface area contributed by atoms with Crippen molar-refractivity contribution in [2.24, 2.45) is 0 Å². The van der Waals surface area contributed by atoms with Gasteiger partial charge in [-0.15, -0.1) is 0 Å². The molecule has 2 aromatic rings. The van der Waals surface area contributed by atoms with Gasteiger partial charge < -0.3 is 14.4 Å². The third-order valence-electron chi connectivity index (χ3n) is 4.77. The number of rotatable bonds is 7. The maximum absolute atomic E-state index is 12.6. The summed E-state index contributed by atoms with van der Waals surface area (Å²) in [6.45, 7) is 3.65. The van der Waals surface area contributed by atoms with E-state index in [2.05, 4.69) is 20.8 Å². The number of hydrogen-bond acceptors (Lipinski definition) is 5. The first-order valence-electron chi connectivity index (χ1n) is 9.20. The van der Waals surface area contributed by atoms with Gasteiger partial charge in [0.2, 0.25) is 0 Å². The maximum atomic E-state index is 12.6. The summed E-state index contributed by atoms with van der Waals surface area (Å²) in [4.78, 5) is 27.7. The molecule has 0 N–H and O–H groups in total. The minimum atomic E-state index is -0.0907. The summed E-state index contributed by atoms with van der Waals surface area (Å²) in [5.41, 5.74) is 1.66. The molecule has 3 rings (SSSR count). The maximum Gasteiger partial charge on any atom is 0.260 e. The zero-order chi connectivity index (χ0) is 20.8. The topological polar surface area (TPSA) is 59.1 Å². The van der Waals surface area contributed by atoms with Crippen molar-refractivity contribution in [3.63, 3.8) is 0 Å². The van der Waals surface area contributed by atoms with E-state index >= 15 is 0 Å². The van der Waals surface area contributed by atoms with Crippen LogP contribution in [0.25, 0.3) is 0 Å². The summed E-state index contributed by atoms with van der Waals surface area (Å²) < 4.78 is 11.5. The molecular weight excluding hydrogens is 460 g/mol. The second-order valence-corrected chi connectivity index (χ2v) is 8.01. The van der Waals surface area contributed by atoms with E-state index < -0.39 is 0 Å².